The van der Waals surface area contributed by atoms with E-state index in [2.05, 4.69) is 0 Å². The van der Waals surface area contributed by atoms with Gasteiger partial charge in [0.2, 0.25) is 0 Å². The van der Waals surface area contributed by atoms with Crippen LogP contribution in [0, 0.1) is 5.41 Å². The summed E-state index contributed by atoms with van der Waals surface area (Å²) in [4.78, 5) is 11.5. The molecule has 1 aromatic heterocycles. The topological polar surface area (TPSA) is 59.7 Å². The van der Waals surface area contributed by atoms with Crippen LogP contribution in [0.15, 0.2) is 22.6 Å². The molecule has 19 heavy (non-hydrogen) atoms. The lowest BCUT2D eigenvalue weighted by atomic mass is 9.89. The van der Waals surface area contributed by atoms with Crippen molar-refractivity contribution >= 4 is 16.9 Å². The van der Waals surface area contributed by atoms with Crippen LogP contribution < -0.4 is 4.74 Å². The van der Waals surface area contributed by atoms with Gasteiger partial charge in [0.15, 0.2) is 11.3 Å². The molecule has 0 spiro atoms. The average molecular weight is 262 g/mol. The van der Waals surface area contributed by atoms with Crippen LogP contribution in [0.4, 0.5) is 0 Å². The Hall–Kier alpha value is -1.97. The number of benzene rings is 1. The largest absolute Gasteiger partial charge is 0.493 e. The number of carboxylic acids is 1. The monoisotopic (exact) mass is 262 g/mol. The predicted molar refractivity (Wildman–Crippen MR) is 72.9 cm³/mol. The Kier molecular flexibility index (Phi) is 3.27. The molecule has 0 unspecified atom stereocenters. The van der Waals surface area contributed by atoms with Crippen molar-refractivity contribution in [3.05, 3.63) is 29.5 Å². The van der Waals surface area contributed by atoms with Crippen LogP contribution in [-0.2, 0) is 6.42 Å². The summed E-state index contributed by atoms with van der Waals surface area (Å²) in [5.41, 5.74) is 0.691. The highest BCUT2D eigenvalue weighted by Crippen LogP contribution is 2.35. The zero-order valence-corrected chi connectivity index (χ0v) is 11.6. The van der Waals surface area contributed by atoms with E-state index in [0.29, 0.717) is 28.9 Å². The van der Waals surface area contributed by atoms with Crippen molar-refractivity contribution in [3.8, 4) is 5.75 Å². The molecule has 2 rings (SSSR count). The second-order valence-corrected chi connectivity index (χ2v) is 5.78. The zero-order chi connectivity index (χ0) is 14.2. The molecule has 0 aliphatic heterocycles. The van der Waals surface area contributed by atoms with Crippen LogP contribution in [0.2, 0.25) is 0 Å². The summed E-state index contributed by atoms with van der Waals surface area (Å²) >= 11 is 0. The quantitative estimate of drug-likeness (QED) is 0.915. The molecule has 4 nitrogen and oxygen atoms in total. The highest BCUT2D eigenvalue weighted by molar-refractivity contribution is 6.05. The van der Waals surface area contributed by atoms with E-state index in [4.69, 9.17) is 9.15 Å². The Labute approximate surface area is 112 Å². The summed E-state index contributed by atoms with van der Waals surface area (Å²) in [5, 5.41) is 10.0. The fraction of sp³-hybridized carbons (Fsp3) is 0.400. The van der Waals surface area contributed by atoms with Gasteiger partial charge in [-0.3, -0.25) is 0 Å². The maximum absolute atomic E-state index is 11.5. The van der Waals surface area contributed by atoms with Gasteiger partial charge in [-0.15, -0.1) is 0 Å². The summed E-state index contributed by atoms with van der Waals surface area (Å²) in [6.45, 7) is 6.13. The summed E-state index contributed by atoms with van der Waals surface area (Å²) < 4.78 is 11.0. The Morgan fingerprint density at radius 2 is 2.05 bits per heavy atom. The molecule has 0 fully saturated rings. The number of rotatable bonds is 3. The number of hydrogen-bond acceptors (Lipinski definition) is 3. The summed E-state index contributed by atoms with van der Waals surface area (Å²) in [6.07, 6.45) is 0.562. The van der Waals surface area contributed by atoms with Gasteiger partial charge in [0.1, 0.15) is 11.3 Å². The van der Waals surface area contributed by atoms with Gasteiger partial charge in [-0.1, -0.05) is 26.8 Å². The average Bonchev–Trinajstić information content (AvgIpc) is 2.63. The third-order valence-electron chi connectivity index (χ3n) is 2.88. The molecule has 0 saturated heterocycles. The standard InChI is InChI=1S/C15H18O4/c1-15(2,3)8-11-12(14(16)17)9-6-5-7-10(18-4)13(9)19-11/h5-7H,8H2,1-4H3,(H,16,17). The SMILES string of the molecule is COc1cccc2c(C(=O)O)c(CC(C)(C)C)oc12. The number of methoxy groups -OCH3 is 1. The third-order valence-corrected chi connectivity index (χ3v) is 2.88. The molecule has 1 aromatic carbocycles. The molecule has 0 radical (unpaired) electrons. The van der Waals surface area contributed by atoms with Gasteiger partial charge < -0.3 is 14.3 Å². The second-order valence-electron chi connectivity index (χ2n) is 5.78. The zero-order valence-electron chi connectivity index (χ0n) is 11.6. The van der Waals surface area contributed by atoms with Gasteiger partial charge >= 0.3 is 5.97 Å². The number of ether oxygens (including phenoxy) is 1. The van der Waals surface area contributed by atoms with Crippen LogP contribution in [0.25, 0.3) is 11.0 Å². The van der Waals surface area contributed by atoms with E-state index >= 15 is 0 Å². The Balaban J connectivity index is 2.70. The number of aromatic carboxylic acids is 1. The first kappa shape index (κ1) is 13.5. The molecule has 2 aromatic rings. The molecule has 1 N–H and O–H groups in total. The minimum Gasteiger partial charge on any atom is -0.493 e. The van der Waals surface area contributed by atoms with Gasteiger partial charge in [0, 0.05) is 11.8 Å². The highest BCUT2D eigenvalue weighted by Gasteiger charge is 2.25. The number of carbonyl (C=O) groups is 1. The van der Waals surface area contributed by atoms with Gasteiger partial charge in [-0.25, -0.2) is 4.79 Å². The first-order valence-corrected chi connectivity index (χ1v) is 6.15. The summed E-state index contributed by atoms with van der Waals surface area (Å²) in [5.74, 6) is 0.0888. The maximum atomic E-state index is 11.5. The molecule has 4 heteroatoms. The minimum atomic E-state index is -0.966. The van der Waals surface area contributed by atoms with E-state index in [0.717, 1.165) is 0 Å². The third kappa shape index (κ3) is 2.57. The lowest BCUT2D eigenvalue weighted by Crippen LogP contribution is -2.11. The number of fused-ring (bicyclic) bond motifs is 1. The smallest absolute Gasteiger partial charge is 0.339 e. The van der Waals surface area contributed by atoms with Crippen LogP contribution in [-0.4, -0.2) is 18.2 Å². The number of furan rings is 1. The molecule has 0 bridgehead atoms. The number of para-hydroxylation sites is 1. The minimum absolute atomic E-state index is 0.0503. The number of carboxylic acid groups (broad SMARTS) is 1. The Morgan fingerprint density at radius 1 is 1.37 bits per heavy atom. The lowest BCUT2D eigenvalue weighted by molar-refractivity contribution is 0.0695. The molecular weight excluding hydrogens is 244 g/mol. The van der Waals surface area contributed by atoms with E-state index in [9.17, 15) is 9.90 Å². The first-order valence-electron chi connectivity index (χ1n) is 6.15. The molecule has 0 saturated carbocycles. The molecule has 0 aliphatic carbocycles. The first-order chi connectivity index (χ1) is 8.83. The molecular formula is C15H18O4. The fourth-order valence-electron chi connectivity index (χ4n) is 2.14. The van der Waals surface area contributed by atoms with E-state index in [1.165, 1.54) is 0 Å². The van der Waals surface area contributed by atoms with Crippen molar-refractivity contribution in [2.45, 2.75) is 27.2 Å². The molecule has 0 atom stereocenters. The van der Waals surface area contributed by atoms with Crippen LogP contribution in [0.5, 0.6) is 5.75 Å². The van der Waals surface area contributed by atoms with E-state index in [-0.39, 0.29) is 11.0 Å². The van der Waals surface area contributed by atoms with Crippen LogP contribution >= 0.6 is 0 Å². The molecule has 0 amide bonds. The van der Waals surface area contributed by atoms with Gasteiger partial charge in [0.25, 0.3) is 0 Å². The normalized spacial score (nSPS) is 11.8. The van der Waals surface area contributed by atoms with Crippen LogP contribution in [0.1, 0.15) is 36.9 Å². The molecule has 1 heterocycles. The van der Waals surface area contributed by atoms with Crippen LogP contribution in [0.3, 0.4) is 0 Å². The second kappa shape index (κ2) is 4.61. The molecule has 102 valence electrons. The van der Waals surface area contributed by atoms with E-state index < -0.39 is 5.97 Å². The predicted octanol–water partition coefficient (Wildman–Crippen LogP) is 3.73. The van der Waals surface area contributed by atoms with Gasteiger partial charge in [-0.2, -0.15) is 0 Å². The van der Waals surface area contributed by atoms with Crippen molar-refractivity contribution in [1.29, 1.82) is 0 Å². The maximum Gasteiger partial charge on any atom is 0.339 e. The van der Waals surface area contributed by atoms with Crippen molar-refractivity contribution < 1.29 is 19.1 Å². The van der Waals surface area contributed by atoms with Crippen molar-refractivity contribution in [2.75, 3.05) is 7.11 Å². The van der Waals surface area contributed by atoms with Crippen molar-refractivity contribution in [2.24, 2.45) is 5.41 Å². The van der Waals surface area contributed by atoms with Crippen molar-refractivity contribution in [1.82, 2.24) is 0 Å². The number of hydrogen-bond donors (Lipinski definition) is 1. The van der Waals surface area contributed by atoms with E-state index in [1.54, 1.807) is 25.3 Å². The van der Waals surface area contributed by atoms with Crippen molar-refractivity contribution in [3.63, 3.8) is 0 Å². The Bertz CT molecular complexity index is 617. The molecule has 0 aliphatic rings. The summed E-state index contributed by atoms with van der Waals surface area (Å²) in [7, 11) is 1.54. The lowest BCUT2D eigenvalue weighted by Gasteiger charge is -2.16. The Morgan fingerprint density at radius 3 is 2.58 bits per heavy atom. The fourth-order valence-corrected chi connectivity index (χ4v) is 2.14. The van der Waals surface area contributed by atoms with Gasteiger partial charge in [0.05, 0.1) is 7.11 Å². The van der Waals surface area contributed by atoms with Gasteiger partial charge in [-0.05, 0) is 17.5 Å². The highest BCUT2D eigenvalue weighted by atomic mass is 16.5. The summed E-state index contributed by atoms with van der Waals surface area (Å²) in [6, 6.07) is 5.28. The van der Waals surface area contributed by atoms with E-state index in [1.807, 2.05) is 20.8 Å².